The summed E-state index contributed by atoms with van der Waals surface area (Å²) in [6.07, 6.45) is 6.49. The second-order valence-electron chi connectivity index (χ2n) is 5.46. The summed E-state index contributed by atoms with van der Waals surface area (Å²) in [6, 6.07) is 0.842. The van der Waals surface area contributed by atoms with Gasteiger partial charge < -0.3 is 10.1 Å². The molecule has 0 heterocycles. The Morgan fingerprint density at radius 1 is 1.40 bits per heavy atom. The maximum absolute atomic E-state index is 5.45. The Morgan fingerprint density at radius 3 is 2.53 bits per heavy atom. The van der Waals surface area contributed by atoms with Crippen molar-refractivity contribution >= 4 is 0 Å². The van der Waals surface area contributed by atoms with Gasteiger partial charge in [0.15, 0.2) is 0 Å². The number of hydrogen-bond donors (Lipinski definition) is 1. The summed E-state index contributed by atoms with van der Waals surface area (Å²) in [5, 5.41) is 3.62. The summed E-state index contributed by atoms with van der Waals surface area (Å²) in [5.74, 6) is 0.819. The lowest BCUT2D eigenvalue weighted by Gasteiger charge is -2.25. The largest absolute Gasteiger partial charge is 0.379 e. The molecule has 0 bridgehead atoms. The molecule has 1 fully saturated rings. The first-order valence-corrected chi connectivity index (χ1v) is 6.36. The zero-order chi connectivity index (χ0) is 11.3. The molecule has 0 aromatic heterocycles. The van der Waals surface area contributed by atoms with Crippen molar-refractivity contribution in [3.8, 4) is 0 Å². The Bertz CT molecular complexity index is 175. The molecule has 0 radical (unpaired) electrons. The standard InChI is InChI=1S/C13H27NO/c1-5-11(10-14-12-6-7-12)8-9-13(2,3)15-4/h11-12,14H,5-10H2,1-4H3. The van der Waals surface area contributed by atoms with E-state index in [2.05, 4.69) is 26.1 Å². The van der Waals surface area contributed by atoms with E-state index >= 15 is 0 Å². The van der Waals surface area contributed by atoms with Gasteiger partial charge in [0, 0.05) is 13.2 Å². The second-order valence-corrected chi connectivity index (χ2v) is 5.46. The summed E-state index contributed by atoms with van der Waals surface area (Å²) in [7, 11) is 1.81. The summed E-state index contributed by atoms with van der Waals surface area (Å²) in [6.45, 7) is 7.84. The van der Waals surface area contributed by atoms with Gasteiger partial charge in [-0.2, -0.15) is 0 Å². The molecule has 1 N–H and O–H groups in total. The van der Waals surface area contributed by atoms with Crippen molar-refractivity contribution in [1.82, 2.24) is 5.32 Å². The molecular weight excluding hydrogens is 186 g/mol. The van der Waals surface area contributed by atoms with Crippen LogP contribution in [0.15, 0.2) is 0 Å². The van der Waals surface area contributed by atoms with Crippen molar-refractivity contribution in [1.29, 1.82) is 0 Å². The monoisotopic (exact) mass is 213 g/mol. The highest BCUT2D eigenvalue weighted by Gasteiger charge is 2.23. The SMILES string of the molecule is CCC(CCC(C)(C)OC)CNC1CC1. The fraction of sp³-hybridized carbons (Fsp3) is 1.00. The van der Waals surface area contributed by atoms with Crippen molar-refractivity contribution in [3.63, 3.8) is 0 Å². The van der Waals surface area contributed by atoms with Crippen molar-refractivity contribution in [2.75, 3.05) is 13.7 Å². The molecule has 0 saturated heterocycles. The Balaban J connectivity index is 2.14. The first-order chi connectivity index (χ1) is 7.07. The Kier molecular flexibility index (Phi) is 5.07. The highest BCUT2D eigenvalue weighted by atomic mass is 16.5. The van der Waals surface area contributed by atoms with Crippen LogP contribution in [0.3, 0.4) is 0 Å². The molecule has 1 unspecified atom stereocenters. The van der Waals surface area contributed by atoms with Crippen molar-refractivity contribution in [3.05, 3.63) is 0 Å². The fourth-order valence-corrected chi connectivity index (χ4v) is 1.73. The minimum atomic E-state index is 0.0486. The third-order valence-electron chi connectivity index (χ3n) is 3.56. The third kappa shape index (κ3) is 5.53. The Hall–Kier alpha value is -0.0800. The molecule has 1 aliphatic carbocycles. The molecule has 1 rings (SSSR count). The fourth-order valence-electron chi connectivity index (χ4n) is 1.73. The van der Waals surface area contributed by atoms with E-state index in [-0.39, 0.29) is 5.60 Å². The number of nitrogens with one attached hydrogen (secondary N) is 1. The summed E-state index contributed by atoms with van der Waals surface area (Å²) in [5.41, 5.74) is 0.0486. The Morgan fingerprint density at radius 2 is 2.07 bits per heavy atom. The number of ether oxygens (including phenoxy) is 1. The molecule has 1 atom stereocenters. The van der Waals surface area contributed by atoms with E-state index in [0.717, 1.165) is 18.4 Å². The van der Waals surface area contributed by atoms with Crippen LogP contribution >= 0.6 is 0 Å². The van der Waals surface area contributed by atoms with Crippen LogP contribution < -0.4 is 5.32 Å². The van der Waals surface area contributed by atoms with E-state index in [1.54, 1.807) is 0 Å². The Labute approximate surface area is 94.8 Å². The van der Waals surface area contributed by atoms with Gasteiger partial charge in [0.05, 0.1) is 5.60 Å². The van der Waals surface area contributed by atoms with Crippen LogP contribution in [0.4, 0.5) is 0 Å². The van der Waals surface area contributed by atoms with Crippen LogP contribution in [0.2, 0.25) is 0 Å². The smallest absolute Gasteiger partial charge is 0.0622 e. The predicted octanol–water partition coefficient (Wildman–Crippen LogP) is 2.97. The highest BCUT2D eigenvalue weighted by molar-refractivity contribution is 4.82. The lowest BCUT2D eigenvalue weighted by molar-refractivity contribution is 0.0102. The van der Waals surface area contributed by atoms with Crippen LogP contribution in [0.5, 0.6) is 0 Å². The van der Waals surface area contributed by atoms with Crippen molar-refractivity contribution in [2.45, 2.75) is 64.5 Å². The van der Waals surface area contributed by atoms with Crippen LogP contribution in [-0.4, -0.2) is 25.3 Å². The average Bonchev–Trinajstić information content (AvgIpc) is 3.02. The summed E-state index contributed by atoms with van der Waals surface area (Å²) < 4.78 is 5.45. The molecule has 0 aromatic carbocycles. The minimum absolute atomic E-state index is 0.0486. The van der Waals surface area contributed by atoms with Gasteiger partial charge in [0.25, 0.3) is 0 Å². The molecule has 0 amide bonds. The average molecular weight is 213 g/mol. The number of hydrogen-bond acceptors (Lipinski definition) is 2. The molecular formula is C13H27NO. The van der Waals surface area contributed by atoms with E-state index in [1.165, 1.54) is 32.2 Å². The lowest BCUT2D eigenvalue weighted by atomic mass is 9.93. The normalized spacial score (nSPS) is 19.2. The second kappa shape index (κ2) is 5.86. The maximum atomic E-state index is 5.45. The van der Waals surface area contributed by atoms with E-state index in [4.69, 9.17) is 4.74 Å². The van der Waals surface area contributed by atoms with Crippen molar-refractivity contribution < 1.29 is 4.74 Å². The van der Waals surface area contributed by atoms with Crippen LogP contribution in [0.25, 0.3) is 0 Å². The van der Waals surface area contributed by atoms with Crippen molar-refractivity contribution in [2.24, 2.45) is 5.92 Å². The molecule has 2 nitrogen and oxygen atoms in total. The van der Waals surface area contributed by atoms with Gasteiger partial charge in [-0.05, 0) is 52.0 Å². The molecule has 0 aromatic rings. The molecule has 0 aliphatic heterocycles. The highest BCUT2D eigenvalue weighted by Crippen LogP contribution is 2.23. The molecule has 1 saturated carbocycles. The van der Waals surface area contributed by atoms with Gasteiger partial charge in [0.2, 0.25) is 0 Å². The van der Waals surface area contributed by atoms with Gasteiger partial charge in [-0.1, -0.05) is 13.3 Å². The molecule has 0 spiro atoms. The van der Waals surface area contributed by atoms with Gasteiger partial charge in [-0.25, -0.2) is 0 Å². The van der Waals surface area contributed by atoms with E-state index in [1.807, 2.05) is 7.11 Å². The van der Waals surface area contributed by atoms with Crippen LogP contribution in [-0.2, 0) is 4.74 Å². The van der Waals surface area contributed by atoms with Crippen LogP contribution in [0.1, 0.15) is 52.9 Å². The predicted molar refractivity (Wildman–Crippen MR) is 65.1 cm³/mol. The molecule has 15 heavy (non-hydrogen) atoms. The summed E-state index contributed by atoms with van der Waals surface area (Å²) in [4.78, 5) is 0. The van der Waals surface area contributed by atoms with Crippen LogP contribution in [0, 0.1) is 5.92 Å². The minimum Gasteiger partial charge on any atom is -0.379 e. The molecule has 90 valence electrons. The number of methoxy groups -OCH3 is 1. The third-order valence-corrected chi connectivity index (χ3v) is 3.56. The van der Waals surface area contributed by atoms with E-state index in [9.17, 15) is 0 Å². The first kappa shape index (κ1) is 13.0. The lowest BCUT2D eigenvalue weighted by Crippen LogP contribution is -2.28. The van der Waals surface area contributed by atoms with Gasteiger partial charge in [-0.15, -0.1) is 0 Å². The molecule has 2 heteroatoms. The van der Waals surface area contributed by atoms with Gasteiger partial charge >= 0.3 is 0 Å². The quantitative estimate of drug-likeness (QED) is 0.669. The first-order valence-electron chi connectivity index (χ1n) is 6.36. The molecule has 1 aliphatic rings. The van der Waals surface area contributed by atoms with Gasteiger partial charge in [-0.3, -0.25) is 0 Å². The zero-order valence-electron chi connectivity index (χ0n) is 10.8. The maximum Gasteiger partial charge on any atom is 0.0622 e. The van der Waals surface area contributed by atoms with E-state index in [0.29, 0.717) is 0 Å². The summed E-state index contributed by atoms with van der Waals surface area (Å²) >= 11 is 0. The number of rotatable bonds is 8. The van der Waals surface area contributed by atoms with E-state index < -0.39 is 0 Å². The topological polar surface area (TPSA) is 21.3 Å². The zero-order valence-corrected chi connectivity index (χ0v) is 10.8. The van der Waals surface area contributed by atoms with Gasteiger partial charge in [0.1, 0.15) is 0 Å².